The van der Waals surface area contributed by atoms with E-state index in [1.165, 1.54) is 70.6 Å². The Labute approximate surface area is 357 Å². The molecule has 0 aliphatic rings. The van der Waals surface area contributed by atoms with Crippen molar-refractivity contribution in [3.8, 4) is 0 Å². The Morgan fingerprint density at radius 1 is 0.322 bits per heavy atom. The van der Waals surface area contributed by atoms with Crippen molar-refractivity contribution in [3.05, 3.63) is 12.2 Å². The van der Waals surface area contributed by atoms with Gasteiger partial charge in [0.05, 0.1) is 145 Å². The lowest BCUT2D eigenvalue weighted by Crippen LogP contribution is -2.16. The van der Waals surface area contributed by atoms with Crippen LogP contribution in [0.4, 0.5) is 0 Å². The smallest absolute Gasteiger partial charge is 0.333 e. The van der Waals surface area contributed by atoms with E-state index in [0.29, 0.717) is 157 Å². The summed E-state index contributed by atoms with van der Waals surface area (Å²) in [7, 11) is 0. The lowest BCUT2D eigenvalue weighted by atomic mass is 10.0. The Bertz CT molecular complexity index is 879. The first kappa shape index (κ1) is 57.2. The molecule has 0 heterocycles. The number of carbonyl (C=O) groups excluding carboxylic acids is 2. The molecule has 0 amide bonds. The van der Waals surface area contributed by atoms with Crippen LogP contribution in [0, 0.1) is 0 Å². The van der Waals surface area contributed by atoms with Gasteiger partial charge < -0.3 is 61.6 Å². The molecule has 0 aromatic rings. The maximum absolute atomic E-state index is 11.9. The molecule has 15 nitrogen and oxygen atoms in total. The van der Waals surface area contributed by atoms with E-state index in [4.69, 9.17) is 61.6 Å². The van der Waals surface area contributed by atoms with E-state index in [2.05, 4.69) is 13.5 Å². The van der Waals surface area contributed by atoms with E-state index in [0.717, 1.165) is 12.8 Å². The Hall–Kier alpha value is -1.76. The third-order valence-corrected chi connectivity index (χ3v) is 8.50. The molecule has 0 bridgehead atoms. The van der Waals surface area contributed by atoms with Gasteiger partial charge in [-0.05, 0) is 13.3 Å². The third-order valence-electron chi connectivity index (χ3n) is 8.50. The summed E-state index contributed by atoms with van der Waals surface area (Å²) in [4.78, 5) is 23.1. The summed E-state index contributed by atoms with van der Waals surface area (Å²) in [5.74, 6) is -0.551. The number of carbonyl (C=O) groups is 2. The van der Waals surface area contributed by atoms with Crippen molar-refractivity contribution in [1.82, 2.24) is 0 Å². The van der Waals surface area contributed by atoms with Gasteiger partial charge in [0.25, 0.3) is 0 Å². The van der Waals surface area contributed by atoms with Gasteiger partial charge in [0.1, 0.15) is 13.2 Å². The number of ether oxygens (including phenoxy) is 13. The molecular formula is C44H84O15. The van der Waals surface area contributed by atoms with Gasteiger partial charge in [-0.1, -0.05) is 90.6 Å². The highest BCUT2D eigenvalue weighted by Gasteiger charge is 2.04. The average molecular weight is 853 g/mol. The van der Waals surface area contributed by atoms with E-state index in [-0.39, 0.29) is 19.2 Å². The Morgan fingerprint density at radius 3 is 0.797 bits per heavy atom. The SMILES string of the molecule is C=C(C)C(=O)OCCOCCOCCOCCOCCOCCOCCOCCOCCOCCOCCOCCOC(=O)CCCCCCCCCCCCCCC. The van der Waals surface area contributed by atoms with Crippen LogP contribution in [0.2, 0.25) is 0 Å². The largest absolute Gasteiger partial charge is 0.463 e. The average Bonchev–Trinajstić information content (AvgIpc) is 3.23. The van der Waals surface area contributed by atoms with Crippen molar-refractivity contribution in [3.63, 3.8) is 0 Å². The van der Waals surface area contributed by atoms with Gasteiger partial charge in [0, 0.05) is 12.0 Å². The van der Waals surface area contributed by atoms with Gasteiger partial charge in [-0.15, -0.1) is 0 Å². The molecule has 0 aromatic carbocycles. The first-order valence-electron chi connectivity index (χ1n) is 22.4. The van der Waals surface area contributed by atoms with Crippen molar-refractivity contribution in [2.75, 3.05) is 159 Å². The monoisotopic (exact) mass is 853 g/mol. The van der Waals surface area contributed by atoms with E-state index in [9.17, 15) is 9.59 Å². The fourth-order valence-corrected chi connectivity index (χ4v) is 5.19. The summed E-state index contributed by atoms with van der Waals surface area (Å²) in [6, 6.07) is 0. The fourth-order valence-electron chi connectivity index (χ4n) is 5.19. The predicted octanol–water partition coefficient (Wildman–Crippen LogP) is 6.31. The normalized spacial score (nSPS) is 11.4. The van der Waals surface area contributed by atoms with Crippen LogP contribution in [0.1, 0.15) is 104 Å². The zero-order valence-electron chi connectivity index (χ0n) is 37.2. The second-order valence-electron chi connectivity index (χ2n) is 13.9. The van der Waals surface area contributed by atoms with Crippen LogP contribution in [-0.4, -0.2) is 171 Å². The highest BCUT2D eigenvalue weighted by Crippen LogP contribution is 2.13. The fraction of sp³-hybridized carbons (Fsp3) is 0.909. The first-order chi connectivity index (χ1) is 29.1. The molecular weight excluding hydrogens is 768 g/mol. The summed E-state index contributed by atoms with van der Waals surface area (Å²) in [5, 5.41) is 0. The van der Waals surface area contributed by atoms with Crippen LogP contribution in [-0.2, 0) is 71.2 Å². The van der Waals surface area contributed by atoms with E-state index in [1.54, 1.807) is 6.92 Å². The standard InChI is InChI=1S/C44H84O15/c1-4-5-6-7-8-9-10-11-12-13-14-15-16-17-43(45)58-40-38-56-36-34-54-32-30-52-28-26-50-24-22-48-20-18-47-19-21-49-23-25-51-27-29-53-31-33-55-35-37-57-39-41-59-44(46)42(2)3/h2,4-41H2,1,3H3. The van der Waals surface area contributed by atoms with Gasteiger partial charge in [0.15, 0.2) is 0 Å². The van der Waals surface area contributed by atoms with Crippen LogP contribution in [0.5, 0.6) is 0 Å². The number of hydrogen-bond donors (Lipinski definition) is 0. The van der Waals surface area contributed by atoms with Crippen LogP contribution in [0.25, 0.3) is 0 Å². The van der Waals surface area contributed by atoms with Crippen molar-refractivity contribution in [1.29, 1.82) is 0 Å². The molecule has 0 aliphatic heterocycles. The zero-order valence-corrected chi connectivity index (χ0v) is 37.2. The molecule has 0 aromatic heterocycles. The molecule has 0 N–H and O–H groups in total. The molecule has 59 heavy (non-hydrogen) atoms. The van der Waals surface area contributed by atoms with Gasteiger partial charge in [-0.2, -0.15) is 0 Å². The number of unbranched alkanes of at least 4 members (excludes halogenated alkanes) is 12. The van der Waals surface area contributed by atoms with Gasteiger partial charge >= 0.3 is 11.9 Å². The summed E-state index contributed by atoms with van der Waals surface area (Å²) in [6.07, 6.45) is 17.3. The van der Waals surface area contributed by atoms with Crippen molar-refractivity contribution in [2.45, 2.75) is 104 Å². The molecule has 0 spiro atoms. The Morgan fingerprint density at radius 2 is 0.542 bits per heavy atom. The molecule has 0 radical (unpaired) electrons. The minimum absolute atomic E-state index is 0.136. The quantitative estimate of drug-likeness (QED) is 0.0381. The van der Waals surface area contributed by atoms with Crippen LogP contribution >= 0.6 is 0 Å². The number of rotatable bonds is 51. The van der Waals surface area contributed by atoms with Crippen LogP contribution in [0.3, 0.4) is 0 Å². The molecule has 0 saturated carbocycles. The molecule has 0 saturated heterocycles. The highest BCUT2D eigenvalue weighted by molar-refractivity contribution is 5.86. The summed E-state index contributed by atoms with van der Waals surface area (Å²) >= 11 is 0. The van der Waals surface area contributed by atoms with E-state index >= 15 is 0 Å². The molecule has 0 atom stereocenters. The lowest BCUT2D eigenvalue weighted by molar-refractivity contribution is -0.145. The maximum Gasteiger partial charge on any atom is 0.333 e. The zero-order chi connectivity index (χ0) is 42.8. The summed E-state index contributed by atoms with van der Waals surface area (Å²) in [5.41, 5.74) is 0.368. The molecule has 0 rings (SSSR count). The predicted molar refractivity (Wildman–Crippen MR) is 226 cm³/mol. The van der Waals surface area contributed by atoms with Crippen molar-refractivity contribution >= 4 is 11.9 Å². The first-order valence-corrected chi connectivity index (χ1v) is 22.4. The number of esters is 2. The van der Waals surface area contributed by atoms with Crippen LogP contribution < -0.4 is 0 Å². The second-order valence-corrected chi connectivity index (χ2v) is 13.9. The topological polar surface area (TPSA) is 154 Å². The van der Waals surface area contributed by atoms with E-state index < -0.39 is 5.97 Å². The maximum atomic E-state index is 11.9. The molecule has 0 unspecified atom stereocenters. The van der Waals surface area contributed by atoms with Gasteiger partial charge in [-0.25, -0.2) is 4.79 Å². The van der Waals surface area contributed by atoms with Crippen molar-refractivity contribution < 1.29 is 71.2 Å². The third kappa shape index (κ3) is 50.5. The van der Waals surface area contributed by atoms with Gasteiger partial charge in [-0.3, -0.25) is 4.79 Å². The molecule has 0 aliphatic carbocycles. The minimum atomic E-state index is -0.415. The summed E-state index contributed by atoms with van der Waals surface area (Å²) in [6.45, 7) is 18.0. The second kappa shape index (κ2) is 50.6. The lowest BCUT2D eigenvalue weighted by Gasteiger charge is -2.09. The Balaban J connectivity index is 3.14. The van der Waals surface area contributed by atoms with Gasteiger partial charge in [0.2, 0.25) is 0 Å². The van der Waals surface area contributed by atoms with Crippen LogP contribution in [0.15, 0.2) is 12.2 Å². The van der Waals surface area contributed by atoms with Crippen molar-refractivity contribution in [2.24, 2.45) is 0 Å². The highest BCUT2D eigenvalue weighted by atomic mass is 16.6. The molecule has 350 valence electrons. The Kier molecular flexibility index (Phi) is 49.1. The molecule has 15 heteroatoms. The minimum Gasteiger partial charge on any atom is -0.463 e. The number of hydrogen-bond acceptors (Lipinski definition) is 15. The summed E-state index contributed by atoms with van der Waals surface area (Å²) < 4.78 is 70.3. The van der Waals surface area contributed by atoms with E-state index in [1.807, 2.05) is 0 Å². The molecule has 0 fully saturated rings.